The van der Waals surface area contributed by atoms with E-state index < -0.39 is 12.1 Å². The molecule has 0 aliphatic heterocycles. The van der Waals surface area contributed by atoms with Crippen molar-refractivity contribution in [1.82, 2.24) is 5.32 Å². The summed E-state index contributed by atoms with van der Waals surface area (Å²) in [5.41, 5.74) is 2.23. The molecule has 0 saturated heterocycles. The van der Waals surface area contributed by atoms with Gasteiger partial charge in [0, 0.05) is 12.6 Å². The van der Waals surface area contributed by atoms with Crippen LogP contribution in [0.2, 0.25) is 0 Å². The van der Waals surface area contributed by atoms with Crippen molar-refractivity contribution < 1.29 is 13.2 Å². The summed E-state index contributed by atoms with van der Waals surface area (Å²) in [4.78, 5) is 0. The van der Waals surface area contributed by atoms with Crippen LogP contribution < -0.4 is 5.32 Å². The van der Waals surface area contributed by atoms with Crippen molar-refractivity contribution in [2.45, 2.75) is 25.1 Å². The molecule has 2 atom stereocenters. The molecule has 0 aromatic heterocycles. The number of nitrogens with zero attached hydrogens (tertiary/aromatic N) is 1. The summed E-state index contributed by atoms with van der Waals surface area (Å²) in [7, 11) is 0. The normalized spacial score (nSPS) is 20.2. The summed E-state index contributed by atoms with van der Waals surface area (Å²) in [6, 6.07) is 8.95. The highest BCUT2D eigenvalue weighted by Gasteiger charge is 2.40. The first-order chi connectivity index (χ1) is 8.52. The number of hydrogen-bond acceptors (Lipinski definition) is 2. The van der Waals surface area contributed by atoms with Crippen LogP contribution in [0.1, 0.15) is 23.6 Å². The number of alkyl halides is 3. The summed E-state index contributed by atoms with van der Waals surface area (Å²) >= 11 is 0. The molecule has 2 rings (SSSR count). The summed E-state index contributed by atoms with van der Waals surface area (Å²) in [5.74, 6) is -1.94. The van der Waals surface area contributed by atoms with Crippen molar-refractivity contribution >= 4 is 0 Å². The van der Waals surface area contributed by atoms with Crippen LogP contribution in [0, 0.1) is 17.2 Å². The van der Waals surface area contributed by atoms with Gasteiger partial charge in [0.15, 0.2) is 5.92 Å². The average molecular weight is 254 g/mol. The Kier molecular flexibility index (Phi) is 3.58. The summed E-state index contributed by atoms with van der Waals surface area (Å²) < 4.78 is 37.3. The van der Waals surface area contributed by atoms with E-state index in [0.29, 0.717) is 0 Å². The minimum absolute atomic E-state index is 0.0700. The third kappa shape index (κ3) is 2.65. The Morgan fingerprint density at radius 3 is 2.78 bits per heavy atom. The van der Waals surface area contributed by atoms with Crippen molar-refractivity contribution in [2.75, 3.05) is 6.54 Å². The fourth-order valence-corrected chi connectivity index (χ4v) is 2.26. The van der Waals surface area contributed by atoms with Gasteiger partial charge < -0.3 is 5.32 Å². The second kappa shape index (κ2) is 4.99. The van der Waals surface area contributed by atoms with Gasteiger partial charge in [-0.3, -0.25) is 0 Å². The maximum absolute atomic E-state index is 12.4. The Hall–Kier alpha value is -1.54. The molecule has 0 bridgehead atoms. The zero-order valence-corrected chi connectivity index (χ0v) is 9.67. The smallest absolute Gasteiger partial charge is 0.308 e. The van der Waals surface area contributed by atoms with E-state index in [0.717, 1.165) is 18.4 Å². The standard InChI is InChI=1S/C13H13F3N2/c14-13(15,16)10(7-17)8-18-12-6-5-9-3-1-2-4-11(9)12/h1-4,10,12,18H,5-6,8H2. The van der Waals surface area contributed by atoms with Crippen LogP contribution in [0.4, 0.5) is 13.2 Å². The van der Waals surface area contributed by atoms with Crippen LogP contribution >= 0.6 is 0 Å². The Morgan fingerprint density at radius 2 is 2.11 bits per heavy atom. The molecule has 1 aromatic carbocycles. The van der Waals surface area contributed by atoms with Gasteiger partial charge in [-0.25, -0.2) is 0 Å². The van der Waals surface area contributed by atoms with Gasteiger partial charge in [-0.05, 0) is 24.0 Å². The van der Waals surface area contributed by atoms with E-state index >= 15 is 0 Å². The fraction of sp³-hybridized carbons (Fsp3) is 0.462. The molecule has 0 spiro atoms. The number of nitriles is 1. The van der Waals surface area contributed by atoms with Gasteiger partial charge in [0.25, 0.3) is 0 Å². The van der Waals surface area contributed by atoms with Gasteiger partial charge in [-0.15, -0.1) is 0 Å². The van der Waals surface area contributed by atoms with Crippen molar-refractivity contribution in [3.05, 3.63) is 35.4 Å². The quantitative estimate of drug-likeness (QED) is 0.900. The van der Waals surface area contributed by atoms with Crippen molar-refractivity contribution in [1.29, 1.82) is 5.26 Å². The van der Waals surface area contributed by atoms with E-state index in [1.54, 1.807) is 0 Å². The van der Waals surface area contributed by atoms with E-state index in [1.165, 1.54) is 11.6 Å². The van der Waals surface area contributed by atoms with Gasteiger partial charge in [0.2, 0.25) is 0 Å². The van der Waals surface area contributed by atoms with Crippen LogP contribution in [-0.2, 0) is 6.42 Å². The highest BCUT2D eigenvalue weighted by molar-refractivity contribution is 5.34. The Morgan fingerprint density at radius 1 is 1.39 bits per heavy atom. The highest BCUT2D eigenvalue weighted by atomic mass is 19.4. The molecule has 1 N–H and O–H groups in total. The molecule has 1 aliphatic rings. The predicted octanol–water partition coefficient (Wildman–Crippen LogP) is 2.97. The first kappa shape index (κ1) is 12.9. The van der Waals surface area contributed by atoms with Gasteiger partial charge in [0.05, 0.1) is 6.07 Å². The van der Waals surface area contributed by atoms with Crippen LogP contribution in [0.5, 0.6) is 0 Å². The molecular weight excluding hydrogens is 241 g/mol. The topological polar surface area (TPSA) is 35.8 Å². The van der Waals surface area contributed by atoms with Crippen LogP contribution in [0.25, 0.3) is 0 Å². The molecule has 5 heteroatoms. The molecule has 0 saturated carbocycles. The maximum Gasteiger partial charge on any atom is 0.405 e. The van der Waals surface area contributed by atoms with Gasteiger partial charge in [0.1, 0.15) is 0 Å². The lowest BCUT2D eigenvalue weighted by Gasteiger charge is -2.18. The van der Waals surface area contributed by atoms with Crippen molar-refractivity contribution in [3.63, 3.8) is 0 Å². The number of halogens is 3. The van der Waals surface area contributed by atoms with E-state index in [9.17, 15) is 13.2 Å². The molecule has 2 unspecified atom stereocenters. The second-order valence-corrected chi connectivity index (χ2v) is 4.42. The monoisotopic (exact) mass is 254 g/mol. The van der Waals surface area contributed by atoms with Gasteiger partial charge >= 0.3 is 6.18 Å². The molecular formula is C13H13F3N2. The molecule has 1 aromatic rings. The second-order valence-electron chi connectivity index (χ2n) is 4.42. The molecule has 96 valence electrons. The number of fused-ring (bicyclic) bond motifs is 1. The van der Waals surface area contributed by atoms with Crippen LogP contribution in [-0.4, -0.2) is 12.7 Å². The Bertz CT molecular complexity index is 462. The maximum atomic E-state index is 12.4. The van der Waals surface area contributed by atoms with Crippen LogP contribution in [0.15, 0.2) is 24.3 Å². The summed E-state index contributed by atoms with van der Waals surface area (Å²) in [6.07, 6.45) is -2.80. The number of aryl methyl sites for hydroxylation is 1. The zero-order valence-electron chi connectivity index (χ0n) is 9.67. The number of benzene rings is 1. The third-order valence-electron chi connectivity index (χ3n) is 3.25. The first-order valence-electron chi connectivity index (χ1n) is 5.80. The molecule has 2 nitrogen and oxygen atoms in total. The lowest BCUT2D eigenvalue weighted by Crippen LogP contribution is -2.34. The van der Waals surface area contributed by atoms with E-state index in [-0.39, 0.29) is 12.6 Å². The first-order valence-corrected chi connectivity index (χ1v) is 5.80. The average Bonchev–Trinajstić information content (AvgIpc) is 2.72. The lowest BCUT2D eigenvalue weighted by molar-refractivity contribution is -0.158. The molecule has 0 fully saturated rings. The summed E-state index contributed by atoms with van der Waals surface area (Å²) in [6.45, 7) is -0.348. The third-order valence-corrected chi connectivity index (χ3v) is 3.25. The SMILES string of the molecule is N#CC(CNC1CCc2ccccc21)C(F)(F)F. The zero-order chi connectivity index (χ0) is 13.2. The predicted molar refractivity (Wildman–Crippen MR) is 60.7 cm³/mol. The molecule has 0 amide bonds. The largest absolute Gasteiger partial charge is 0.405 e. The molecule has 18 heavy (non-hydrogen) atoms. The molecule has 0 radical (unpaired) electrons. The Labute approximate surface area is 103 Å². The van der Waals surface area contributed by atoms with Crippen molar-refractivity contribution in [2.24, 2.45) is 5.92 Å². The molecule has 0 heterocycles. The van der Waals surface area contributed by atoms with Gasteiger partial charge in [-0.2, -0.15) is 18.4 Å². The van der Waals surface area contributed by atoms with E-state index in [4.69, 9.17) is 5.26 Å². The lowest BCUT2D eigenvalue weighted by atomic mass is 10.1. The number of rotatable bonds is 3. The van der Waals surface area contributed by atoms with E-state index in [1.807, 2.05) is 24.3 Å². The molecule has 1 aliphatic carbocycles. The summed E-state index contributed by atoms with van der Waals surface area (Å²) in [5, 5.41) is 11.4. The fourth-order valence-electron chi connectivity index (χ4n) is 2.26. The van der Waals surface area contributed by atoms with E-state index in [2.05, 4.69) is 5.32 Å². The highest BCUT2D eigenvalue weighted by Crippen LogP contribution is 2.32. The van der Waals surface area contributed by atoms with Gasteiger partial charge in [-0.1, -0.05) is 24.3 Å². The minimum atomic E-state index is -4.46. The van der Waals surface area contributed by atoms with Crippen molar-refractivity contribution in [3.8, 4) is 6.07 Å². The Balaban J connectivity index is 1.99. The number of hydrogen-bond donors (Lipinski definition) is 1. The van der Waals surface area contributed by atoms with Crippen LogP contribution in [0.3, 0.4) is 0 Å². The minimum Gasteiger partial charge on any atom is -0.308 e. The number of nitrogens with one attached hydrogen (secondary N) is 1.